The predicted octanol–water partition coefficient (Wildman–Crippen LogP) is 1.29. The second-order valence-corrected chi connectivity index (χ2v) is 4.40. The number of carbonyl (C=O) groups is 1. The maximum Gasteiger partial charge on any atom is 0.268 e. The van der Waals surface area contributed by atoms with Crippen LogP contribution in [-0.4, -0.2) is 41.9 Å². The molecule has 0 aromatic carbocycles. The van der Waals surface area contributed by atoms with Crippen molar-refractivity contribution in [2.45, 2.75) is 25.9 Å². The lowest BCUT2D eigenvalue weighted by atomic mass is 10.2. The Balaban J connectivity index is 2.73. The van der Waals surface area contributed by atoms with E-state index >= 15 is 0 Å². The highest BCUT2D eigenvalue weighted by Crippen LogP contribution is 2.14. The maximum atomic E-state index is 12.1. The van der Waals surface area contributed by atoms with Gasteiger partial charge in [0, 0.05) is 26.5 Å². The van der Waals surface area contributed by atoms with Crippen molar-refractivity contribution in [1.82, 2.24) is 9.88 Å². The molecule has 0 radical (unpaired) electrons. The topological polar surface area (TPSA) is 63.5 Å². The number of ether oxygens (including phenoxy) is 1. The average molecular weight is 275 g/mol. The summed E-state index contributed by atoms with van der Waals surface area (Å²) in [5.74, 6) is -0.209. The smallest absolute Gasteiger partial charge is 0.268 e. The number of carbonyl (C=O) groups excluding carboxylic acids is 1. The molecule has 1 unspecified atom stereocenters. The molecule has 0 bridgehead atoms. The first kappa shape index (κ1) is 15.0. The molecule has 0 spiro atoms. The fourth-order valence-electron chi connectivity index (χ4n) is 1.74. The summed E-state index contributed by atoms with van der Waals surface area (Å²) in [5.41, 5.74) is 0.515. The van der Waals surface area contributed by atoms with Gasteiger partial charge < -0.3 is 19.7 Å². The van der Waals surface area contributed by atoms with Crippen LogP contribution in [0.5, 0.6) is 0 Å². The number of aromatic nitrogens is 1. The fourth-order valence-corrected chi connectivity index (χ4v) is 1.96. The maximum absolute atomic E-state index is 12.1. The molecule has 0 saturated heterocycles. The normalized spacial score (nSPS) is 12.4. The van der Waals surface area contributed by atoms with Crippen molar-refractivity contribution in [2.24, 2.45) is 0 Å². The van der Waals surface area contributed by atoms with E-state index in [1.54, 1.807) is 23.9 Å². The summed E-state index contributed by atoms with van der Waals surface area (Å²) >= 11 is 5.88. The van der Waals surface area contributed by atoms with Gasteiger partial charge in [0.25, 0.3) is 5.91 Å². The van der Waals surface area contributed by atoms with E-state index in [-0.39, 0.29) is 18.6 Å². The minimum Gasteiger partial charge on any atom is -0.396 e. The Bertz CT molecular complexity index is 387. The molecule has 18 heavy (non-hydrogen) atoms. The molecule has 1 amide bonds. The van der Waals surface area contributed by atoms with Crippen molar-refractivity contribution < 1.29 is 14.6 Å². The Morgan fingerprint density at radius 2 is 2.39 bits per heavy atom. The fraction of sp³-hybridized carbons (Fsp3) is 0.583. The van der Waals surface area contributed by atoms with E-state index in [2.05, 4.69) is 5.32 Å². The monoisotopic (exact) mass is 274 g/mol. The molecule has 0 fully saturated rings. The summed E-state index contributed by atoms with van der Waals surface area (Å²) in [6.45, 7) is 2.98. The van der Waals surface area contributed by atoms with Gasteiger partial charge in [-0.05, 0) is 19.4 Å². The molecule has 5 nitrogen and oxygen atoms in total. The standard InChI is InChI=1S/C12H19ClN2O3/c1-3-15-7-9(13)6-11(15)12(17)14-10(4-5-16)8-18-2/h6-7,10,16H,3-5,8H2,1-2H3,(H,14,17). The second-order valence-electron chi connectivity index (χ2n) is 3.97. The van der Waals surface area contributed by atoms with Gasteiger partial charge in [0.15, 0.2) is 0 Å². The summed E-state index contributed by atoms with van der Waals surface area (Å²) in [6.07, 6.45) is 2.17. The number of nitrogens with one attached hydrogen (secondary N) is 1. The Morgan fingerprint density at radius 1 is 1.67 bits per heavy atom. The van der Waals surface area contributed by atoms with Gasteiger partial charge in [-0.15, -0.1) is 0 Å². The van der Waals surface area contributed by atoms with Crippen LogP contribution in [-0.2, 0) is 11.3 Å². The molecule has 1 aromatic rings. The quantitative estimate of drug-likeness (QED) is 0.787. The van der Waals surface area contributed by atoms with Gasteiger partial charge in [-0.1, -0.05) is 11.6 Å². The highest BCUT2D eigenvalue weighted by molar-refractivity contribution is 6.31. The Kier molecular flexibility index (Phi) is 6.18. The van der Waals surface area contributed by atoms with E-state index < -0.39 is 0 Å². The van der Waals surface area contributed by atoms with Gasteiger partial charge in [-0.25, -0.2) is 0 Å². The summed E-state index contributed by atoms with van der Waals surface area (Å²) in [6, 6.07) is 1.43. The molecule has 1 aromatic heterocycles. The van der Waals surface area contributed by atoms with Crippen LogP contribution < -0.4 is 5.32 Å². The number of nitrogens with zero attached hydrogens (tertiary/aromatic N) is 1. The number of hydrogen-bond donors (Lipinski definition) is 2. The third kappa shape index (κ3) is 4.01. The average Bonchev–Trinajstić information content (AvgIpc) is 2.71. The summed E-state index contributed by atoms with van der Waals surface area (Å²) in [5, 5.41) is 12.3. The molecule has 0 aliphatic rings. The first-order valence-electron chi connectivity index (χ1n) is 5.88. The van der Waals surface area contributed by atoms with Gasteiger partial charge >= 0.3 is 0 Å². The third-order valence-electron chi connectivity index (χ3n) is 2.62. The summed E-state index contributed by atoms with van der Waals surface area (Å²) in [4.78, 5) is 12.1. The molecule has 0 aliphatic heterocycles. The lowest BCUT2D eigenvalue weighted by Gasteiger charge is -2.17. The molecular weight excluding hydrogens is 256 g/mol. The van der Waals surface area contributed by atoms with Gasteiger partial charge in [-0.3, -0.25) is 4.79 Å². The minimum absolute atomic E-state index is 0.00382. The van der Waals surface area contributed by atoms with Crippen LogP contribution in [0.3, 0.4) is 0 Å². The van der Waals surface area contributed by atoms with Crippen LogP contribution >= 0.6 is 11.6 Å². The van der Waals surface area contributed by atoms with Gasteiger partial charge in [-0.2, -0.15) is 0 Å². The lowest BCUT2D eigenvalue weighted by molar-refractivity contribution is 0.0870. The molecule has 2 N–H and O–H groups in total. The van der Waals surface area contributed by atoms with Crippen LogP contribution in [0, 0.1) is 0 Å². The second kappa shape index (κ2) is 7.41. The predicted molar refractivity (Wildman–Crippen MR) is 69.9 cm³/mol. The minimum atomic E-state index is -0.209. The lowest BCUT2D eigenvalue weighted by Crippen LogP contribution is -2.39. The molecule has 0 aliphatic carbocycles. The number of amides is 1. The number of halogens is 1. The van der Waals surface area contributed by atoms with E-state index in [1.807, 2.05) is 6.92 Å². The van der Waals surface area contributed by atoms with E-state index in [4.69, 9.17) is 21.4 Å². The van der Waals surface area contributed by atoms with Crippen LogP contribution in [0.4, 0.5) is 0 Å². The Morgan fingerprint density at radius 3 is 2.94 bits per heavy atom. The summed E-state index contributed by atoms with van der Waals surface area (Å²) < 4.78 is 6.77. The highest BCUT2D eigenvalue weighted by atomic mass is 35.5. The van der Waals surface area contributed by atoms with E-state index in [0.717, 1.165) is 0 Å². The van der Waals surface area contributed by atoms with Crippen LogP contribution in [0.2, 0.25) is 5.02 Å². The number of aliphatic hydroxyl groups is 1. The summed E-state index contributed by atoms with van der Waals surface area (Å²) in [7, 11) is 1.56. The van der Waals surface area contributed by atoms with Crippen LogP contribution in [0.25, 0.3) is 0 Å². The van der Waals surface area contributed by atoms with Crippen molar-refractivity contribution >= 4 is 17.5 Å². The van der Waals surface area contributed by atoms with Gasteiger partial charge in [0.2, 0.25) is 0 Å². The number of rotatable bonds is 7. The number of methoxy groups -OCH3 is 1. The van der Waals surface area contributed by atoms with Crippen LogP contribution in [0.15, 0.2) is 12.3 Å². The van der Waals surface area contributed by atoms with Gasteiger partial charge in [0.1, 0.15) is 5.69 Å². The van der Waals surface area contributed by atoms with Gasteiger partial charge in [0.05, 0.1) is 17.7 Å². The van der Waals surface area contributed by atoms with Crippen LogP contribution in [0.1, 0.15) is 23.8 Å². The zero-order valence-corrected chi connectivity index (χ0v) is 11.4. The third-order valence-corrected chi connectivity index (χ3v) is 2.82. The number of aryl methyl sites for hydroxylation is 1. The van der Waals surface area contributed by atoms with Crippen molar-refractivity contribution in [3.05, 3.63) is 23.0 Å². The SMILES string of the molecule is CCn1cc(Cl)cc1C(=O)NC(CCO)COC. The van der Waals surface area contributed by atoms with E-state index in [0.29, 0.717) is 30.3 Å². The first-order valence-corrected chi connectivity index (χ1v) is 6.26. The van der Waals surface area contributed by atoms with E-state index in [9.17, 15) is 4.79 Å². The molecule has 0 saturated carbocycles. The van der Waals surface area contributed by atoms with Crippen molar-refractivity contribution in [3.8, 4) is 0 Å². The molecular formula is C12H19ClN2O3. The largest absolute Gasteiger partial charge is 0.396 e. The van der Waals surface area contributed by atoms with Crippen molar-refractivity contribution in [3.63, 3.8) is 0 Å². The molecule has 102 valence electrons. The first-order chi connectivity index (χ1) is 8.62. The molecule has 1 heterocycles. The molecule has 6 heteroatoms. The van der Waals surface area contributed by atoms with Crippen molar-refractivity contribution in [2.75, 3.05) is 20.3 Å². The van der Waals surface area contributed by atoms with E-state index in [1.165, 1.54) is 0 Å². The molecule has 1 rings (SSSR count). The van der Waals surface area contributed by atoms with Crippen molar-refractivity contribution in [1.29, 1.82) is 0 Å². The highest BCUT2D eigenvalue weighted by Gasteiger charge is 2.16. The molecule has 1 atom stereocenters. The zero-order valence-electron chi connectivity index (χ0n) is 10.6. The number of aliphatic hydroxyl groups excluding tert-OH is 1. The Labute approximate surface area is 112 Å². The number of hydrogen-bond acceptors (Lipinski definition) is 3. The Hall–Kier alpha value is -1.04. The zero-order chi connectivity index (χ0) is 13.5.